The molecule has 2 rings (SSSR count). The number of nitrogen functional groups attached to an aromatic ring is 1. The van der Waals surface area contributed by atoms with Gasteiger partial charge in [-0.1, -0.05) is 23.9 Å². The number of hydrogen-bond donors (Lipinski definition) is 1. The lowest BCUT2D eigenvalue weighted by Crippen LogP contribution is -2.05. The fourth-order valence-corrected chi connectivity index (χ4v) is 2.94. The Bertz CT molecular complexity index is 566. The van der Waals surface area contributed by atoms with Crippen molar-refractivity contribution in [1.82, 2.24) is 4.98 Å². The van der Waals surface area contributed by atoms with Gasteiger partial charge < -0.3 is 5.73 Å². The molecule has 90 valence electrons. The Morgan fingerprint density at radius 2 is 2.11 bits per heavy atom. The first-order valence-corrected chi connectivity index (χ1v) is 6.56. The molecule has 1 aromatic heterocycles. The van der Waals surface area contributed by atoms with Crippen molar-refractivity contribution in [2.24, 2.45) is 0 Å². The second-order valence-corrected chi connectivity index (χ2v) is 5.24. The summed E-state index contributed by atoms with van der Waals surface area (Å²) in [6.45, 7) is 0. The van der Waals surface area contributed by atoms with Crippen molar-refractivity contribution in [1.29, 1.82) is 10.5 Å². The van der Waals surface area contributed by atoms with Crippen LogP contribution in [0.25, 0.3) is 0 Å². The third kappa shape index (κ3) is 2.64. The van der Waals surface area contributed by atoms with E-state index in [1.807, 2.05) is 6.07 Å². The first-order valence-electron chi connectivity index (χ1n) is 5.68. The number of thioether (sulfide) groups is 1. The SMILES string of the molecule is N#Cc1cc(C#N)c(S[C@H]2C=CCCC2)nc1N. The van der Waals surface area contributed by atoms with Gasteiger partial charge >= 0.3 is 0 Å². The van der Waals surface area contributed by atoms with E-state index in [1.165, 1.54) is 17.8 Å². The molecular formula is C13H12N4S. The summed E-state index contributed by atoms with van der Waals surface area (Å²) in [6, 6.07) is 5.52. The average molecular weight is 256 g/mol. The molecule has 1 aliphatic rings. The van der Waals surface area contributed by atoms with Gasteiger partial charge in [0.05, 0.1) is 11.1 Å². The smallest absolute Gasteiger partial charge is 0.142 e. The van der Waals surface area contributed by atoms with Crippen LogP contribution in [0.2, 0.25) is 0 Å². The molecule has 0 spiro atoms. The van der Waals surface area contributed by atoms with E-state index in [-0.39, 0.29) is 11.4 Å². The summed E-state index contributed by atoms with van der Waals surface area (Å²) in [5, 5.41) is 18.9. The van der Waals surface area contributed by atoms with E-state index in [0.717, 1.165) is 19.3 Å². The maximum absolute atomic E-state index is 9.09. The molecule has 1 heterocycles. The summed E-state index contributed by atoms with van der Waals surface area (Å²) in [5.74, 6) is 0.193. The monoisotopic (exact) mass is 256 g/mol. The van der Waals surface area contributed by atoms with Crippen molar-refractivity contribution in [3.8, 4) is 12.1 Å². The minimum Gasteiger partial charge on any atom is -0.383 e. The zero-order valence-corrected chi connectivity index (χ0v) is 10.6. The van der Waals surface area contributed by atoms with Crippen LogP contribution in [0.3, 0.4) is 0 Å². The number of nitriles is 2. The minimum absolute atomic E-state index is 0.193. The Morgan fingerprint density at radius 1 is 1.33 bits per heavy atom. The first-order chi connectivity index (χ1) is 8.74. The lowest BCUT2D eigenvalue weighted by molar-refractivity contribution is 0.740. The molecule has 18 heavy (non-hydrogen) atoms. The van der Waals surface area contributed by atoms with Crippen LogP contribution in [0.1, 0.15) is 30.4 Å². The second kappa shape index (κ2) is 5.57. The highest BCUT2D eigenvalue weighted by Gasteiger charge is 2.16. The van der Waals surface area contributed by atoms with Crippen LogP contribution < -0.4 is 5.73 Å². The summed E-state index contributed by atoms with van der Waals surface area (Å²) in [6.07, 6.45) is 7.64. The van der Waals surface area contributed by atoms with Crippen LogP contribution in [-0.2, 0) is 0 Å². The predicted molar refractivity (Wildman–Crippen MR) is 70.7 cm³/mol. The maximum Gasteiger partial charge on any atom is 0.142 e. The Hall–Kier alpha value is -1.98. The number of allylic oxidation sites excluding steroid dienone is 1. The van der Waals surface area contributed by atoms with Gasteiger partial charge in [0.2, 0.25) is 0 Å². The molecule has 0 aliphatic heterocycles. The molecule has 0 unspecified atom stereocenters. The fraction of sp³-hybridized carbons (Fsp3) is 0.308. The van der Waals surface area contributed by atoms with Crippen LogP contribution in [-0.4, -0.2) is 10.2 Å². The summed E-state index contributed by atoms with van der Waals surface area (Å²) < 4.78 is 0. The lowest BCUT2D eigenvalue weighted by Gasteiger charge is -2.16. The summed E-state index contributed by atoms with van der Waals surface area (Å²) >= 11 is 1.54. The normalized spacial score (nSPS) is 18.0. The van der Waals surface area contributed by atoms with Crippen LogP contribution in [0.15, 0.2) is 23.2 Å². The Balaban J connectivity index is 2.30. The van der Waals surface area contributed by atoms with Gasteiger partial charge in [-0.05, 0) is 25.3 Å². The topological polar surface area (TPSA) is 86.5 Å². The zero-order valence-electron chi connectivity index (χ0n) is 9.76. The number of nitrogens with two attached hydrogens (primary N) is 1. The van der Waals surface area contributed by atoms with Crippen LogP contribution >= 0.6 is 11.8 Å². The summed E-state index contributed by atoms with van der Waals surface area (Å²) in [7, 11) is 0. The third-order valence-corrected chi connectivity index (χ3v) is 3.96. The molecule has 1 aromatic rings. The number of rotatable bonds is 2. The van der Waals surface area contributed by atoms with Crippen molar-refractivity contribution < 1.29 is 0 Å². The second-order valence-electron chi connectivity index (χ2n) is 4.01. The summed E-state index contributed by atoms with van der Waals surface area (Å²) in [4.78, 5) is 4.17. The van der Waals surface area contributed by atoms with Crippen molar-refractivity contribution in [2.75, 3.05) is 5.73 Å². The molecule has 0 saturated carbocycles. The van der Waals surface area contributed by atoms with E-state index in [4.69, 9.17) is 16.3 Å². The molecule has 0 amide bonds. The Kier molecular flexibility index (Phi) is 3.86. The standard InChI is InChI=1S/C13H12N4S/c14-7-9-6-10(8-15)13(17-12(9)16)18-11-4-2-1-3-5-11/h2,4,6,11H,1,3,5H2,(H2,16,17)/t11-/m0/s1. The zero-order chi connectivity index (χ0) is 13.0. The van der Waals surface area contributed by atoms with E-state index in [9.17, 15) is 0 Å². The number of anilines is 1. The van der Waals surface area contributed by atoms with E-state index < -0.39 is 0 Å². The largest absolute Gasteiger partial charge is 0.383 e. The number of nitrogens with zero attached hydrogens (tertiary/aromatic N) is 3. The molecule has 5 heteroatoms. The number of aromatic nitrogens is 1. The molecule has 2 N–H and O–H groups in total. The van der Waals surface area contributed by atoms with Crippen molar-refractivity contribution in [3.05, 3.63) is 29.3 Å². The quantitative estimate of drug-likeness (QED) is 0.822. The van der Waals surface area contributed by atoms with E-state index in [0.29, 0.717) is 15.8 Å². The predicted octanol–water partition coefficient (Wildman–Crippen LogP) is 2.61. The van der Waals surface area contributed by atoms with Crippen LogP contribution in [0, 0.1) is 22.7 Å². The van der Waals surface area contributed by atoms with Crippen molar-refractivity contribution in [2.45, 2.75) is 29.5 Å². The van der Waals surface area contributed by atoms with Gasteiger partial charge in [0.25, 0.3) is 0 Å². The molecular weight excluding hydrogens is 244 g/mol. The summed E-state index contributed by atoms with van der Waals surface area (Å²) in [5.41, 5.74) is 6.37. The van der Waals surface area contributed by atoms with Crippen LogP contribution in [0.4, 0.5) is 5.82 Å². The van der Waals surface area contributed by atoms with E-state index in [1.54, 1.807) is 0 Å². The molecule has 0 saturated heterocycles. The fourth-order valence-electron chi connectivity index (χ4n) is 1.79. The van der Waals surface area contributed by atoms with E-state index in [2.05, 4.69) is 23.2 Å². The Morgan fingerprint density at radius 3 is 2.72 bits per heavy atom. The first kappa shape index (κ1) is 12.5. The van der Waals surface area contributed by atoms with Crippen LogP contribution in [0.5, 0.6) is 0 Å². The maximum atomic E-state index is 9.09. The van der Waals surface area contributed by atoms with Gasteiger partial charge in [0.1, 0.15) is 23.0 Å². The van der Waals surface area contributed by atoms with Gasteiger partial charge in [-0.25, -0.2) is 4.98 Å². The molecule has 1 aliphatic carbocycles. The average Bonchev–Trinajstić information content (AvgIpc) is 2.40. The highest BCUT2D eigenvalue weighted by Crippen LogP contribution is 2.32. The molecule has 0 fully saturated rings. The molecule has 0 radical (unpaired) electrons. The van der Waals surface area contributed by atoms with Crippen molar-refractivity contribution >= 4 is 17.6 Å². The van der Waals surface area contributed by atoms with Gasteiger partial charge in [0, 0.05) is 5.25 Å². The molecule has 0 bridgehead atoms. The molecule has 1 atom stereocenters. The number of hydrogen-bond acceptors (Lipinski definition) is 5. The van der Waals surface area contributed by atoms with Gasteiger partial charge in [-0.3, -0.25) is 0 Å². The highest BCUT2D eigenvalue weighted by molar-refractivity contribution is 8.00. The Labute approximate surface area is 110 Å². The van der Waals surface area contributed by atoms with Gasteiger partial charge in [-0.15, -0.1) is 0 Å². The molecule has 0 aromatic carbocycles. The molecule has 4 nitrogen and oxygen atoms in total. The minimum atomic E-state index is 0.193. The van der Waals surface area contributed by atoms with Gasteiger partial charge in [-0.2, -0.15) is 10.5 Å². The number of pyridine rings is 1. The highest BCUT2D eigenvalue weighted by atomic mass is 32.2. The van der Waals surface area contributed by atoms with Gasteiger partial charge in [0.15, 0.2) is 0 Å². The van der Waals surface area contributed by atoms with E-state index >= 15 is 0 Å². The third-order valence-electron chi connectivity index (χ3n) is 2.73. The lowest BCUT2D eigenvalue weighted by atomic mass is 10.1. The van der Waals surface area contributed by atoms with Crippen molar-refractivity contribution in [3.63, 3.8) is 0 Å².